The Hall–Kier alpha value is -0.120. The van der Waals surface area contributed by atoms with Gasteiger partial charge in [0.05, 0.1) is 10.0 Å². The Morgan fingerprint density at radius 2 is 2.29 bits per heavy atom. The number of hydrogen-bond donors (Lipinski definition) is 1. The lowest BCUT2D eigenvalue weighted by molar-refractivity contribution is 0.992. The predicted octanol–water partition coefficient (Wildman–Crippen LogP) is 3.55. The summed E-state index contributed by atoms with van der Waals surface area (Å²) in [4.78, 5) is 4.10. The monoisotopic (exact) mass is 250 g/mol. The quantitative estimate of drug-likeness (QED) is 0.885. The fourth-order valence-electron chi connectivity index (χ4n) is 0.868. The third kappa shape index (κ3) is 3.56. The number of nitrogens with one attached hydrogen (secondary N) is 1. The van der Waals surface area contributed by atoms with E-state index in [1.165, 1.54) is 0 Å². The molecule has 14 heavy (non-hydrogen) atoms. The van der Waals surface area contributed by atoms with Gasteiger partial charge in [0, 0.05) is 18.0 Å². The minimum atomic E-state index is 0.531. The fraction of sp³-hybridized carbons (Fsp3) is 0.444. The van der Waals surface area contributed by atoms with Crippen molar-refractivity contribution in [2.45, 2.75) is 12.2 Å². The largest absolute Gasteiger partial charge is 0.368 e. The van der Waals surface area contributed by atoms with Crippen LogP contribution in [0.1, 0.15) is 6.92 Å². The van der Waals surface area contributed by atoms with E-state index in [-0.39, 0.29) is 0 Å². The van der Waals surface area contributed by atoms with Gasteiger partial charge in [-0.2, -0.15) is 11.8 Å². The maximum absolute atomic E-state index is 5.94. The van der Waals surface area contributed by atoms with Crippen LogP contribution in [0.4, 0.5) is 5.82 Å². The van der Waals surface area contributed by atoms with E-state index < -0.39 is 0 Å². The number of pyridine rings is 1. The van der Waals surface area contributed by atoms with Gasteiger partial charge in [-0.25, -0.2) is 4.98 Å². The molecule has 1 unspecified atom stereocenters. The molecule has 1 heterocycles. The maximum Gasteiger partial charge on any atom is 0.144 e. The Labute approximate surface area is 98.4 Å². The predicted molar refractivity (Wildman–Crippen MR) is 65.7 cm³/mol. The fourth-order valence-corrected chi connectivity index (χ4v) is 1.57. The summed E-state index contributed by atoms with van der Waals surface area (Å²) in [6.07, 6.45) is 3.66. The number of rotatable bonds is 4. The Kier molecular flexibility index (Phi) is 4.85. The van der Waals surface area contributed by atoms with Crippen LogP contribution in [0.15, 0.2) is 12.3 Å². The van der Waals surface area contributed by atoms with Gasteiger partial charge in [0.1, 0.15) is 5.82 Å². The van der Waals surface area contributed by atoms with Gasteiger partial charge < -0.3 is 5.32 Å². The van der Waals surface area contributed by atoms with Crippen molar-refractivity contribution in [2.75, 3.05) is 18.1 Å². The van der Waals surface area contributed by atoms with E-state index in [2.05, 4.69) is 23.5 Å². The lowest BCUT2D eigenvalue weighted by atomic mass is 10.4. The molecule has 0 amide bonds. The molecule has 0 saturated carbocycles. The topological polar surface area (TPSA) is 24.9 Å². The molecule has 0 aliphatic rings. The molecule has 5 heteroatoms. The molecular weight excluding hydrogens is 239 g/mol. The lowest BCUT2D eigenvalue weighted by Gasteiger charge is -2.11. The molecule has 1 aromatic rings. The highest BCUT2D eigenvalue weighted by atomic mass is 35.5. The first kappa shape index (κ1) is 12.0. The lowest BCUT2D eigenvalue weighted by Crippen LogP contribution is -2.13. The Bertz CT molecular complexity index is 307. The average molecular weight is 251 g/mol. The molecule has 0 saturated heterocycles. The van der Waals surface area contributed by atoms with Crippen molar-refractivity contribution >= 4 is 40.8 Å². The summed E-state index contributed by atoms with van der Waals surface area (Å²) in [5.41, 5.74) is 0. The highest BCUT2D eigenvalue weighted by Gasteiger charge is 2.04. The first-order valence-electron chi connectivity index (χ1n) is 4.21. The molecule has 0 aliphatic heterocycles. The van der Waals surface area contributed by atoms with Gasteiger partial charge in [-0.1, -0.05) is 30.1 Å². The van der Waals surface area contributed by atoms with Crippen molar-refractivity contribution in [1.29, 1.82) is 0 Å². The van der Waals surface area contributed by atoms with E-state index in [1.54, 1.807) is 24.0 Å². The normalized spacial score (nSPS) is 12.6. The van der Waals surface area contributed by atoms with Crippen LogP contribution in [0, 0.1) is 0 Å². The van der Waals surface area contributed by atoms with Crippen molar-refractivity contribution in [3.05, 3.63) is 22.3 Å². The molecule has 0 spiro atoms. The van der Waals surface area contributed by atoms with Crippen molar-refractivity contribution in [2.24, 2.45) is 0 Å². The van der Waals surface area contributed by atoms with Crippen LogP contribution in [-0.4, -0.2) is 23.0 Å². The second kappa shape index (κ2) is 5.69. The summed E-state index contributed by atoms with van der Waals surface area (Å²) in [5.74, 6) is 0.692. The maximum atomic E-state index is 5.94. The minimum absolute atomic E-state index is 0.531. The molecule has 1 aromatic heterocycles. The smallest absolute Gasteiger partial charge is 0.144 e. The summed E-state index contributed by atoms with van der Waals surface area (Å²) in [5, 5.41) is 4.81. The molecular formula is C9H12Cl2N2S. The van der Waals surface area contributed by atoms with E-state index in [9.17, 15) is 0 Å². The molecule has 2 nitrogen and oxygen atoms in total. The number of hydrogen-bond acceptors (Lipinski definition) is 3. The Morgan fingerprint density at radius 3 is 2.86 bits per heavy atom. The average Bonchev–Trinajstić information content (AvgIpc) is 2.16. The molecule has 1 atom stereocenters. The van der Waals surface area contributed by atoms with Crippen LogP contribution in [-0.2, 0) is 0 Å². The van der Waals surface area contributed by atoms with Crippen LogP contribution in [0.2, 0.25) is 10.0 Å². The molecule has 0 radical (unpaired) electrons. The Balaban J connectivity index is 2.59. The van der Waals surface area contributed by atoms with E-state index in [4.69, 9.17) is 23.2 Å². The van der Waals surface area contributed by atoms with E-state index in [0.29, 0.717) is 21.1 Å². The molecule has 0 aromatic carbocycles. The molecule has 0 bridgehead atoms. The van der Waals surface area contributed by atoms with Gasteiger partial charge in [0.15, 0.2) is 0 Å². The second-order valence-electron chi connectivity index (χ2n) is 2.91. The van der Waals surface area contributed by atoms with Gasteiger partial charge in [-0.15, -0.1) is 0 Å². The number of halogens is 2. The summed E-state index contributed by atoms with van der Waals surface area (Å²) in [6.45, 7) is 2.98. The third-order valence-corrected chi connectivity index (χ3v) is 3.23. The highest BCUT2D eigenvalue weighted by Crippen LogP contribution is 2.22. The van der Waals surface area contributed by atoms with E-state index >= 15 is 0 Å². The van der Waals surface area contributed by atoms with Gasteiger partial charge in [0.25, 0.3) is 0 Å². The molecule has 1 N–H and O–H groups in total. The zero-order valence-corrected chi connectivity index (χ0v) is 10.4. The van der Waals surface area contributed by atoms with Crippen molar-refractivity contribution in [3.8, 4) is 0 Å². The third-order valence-electron chi connectivity index (χ3n) is 1.77. The van der Waals surface area contributed by atoms with Gasteiger partial charge in [0.2, 0.25) is 0 Å². The number of anilines is 1. The molecule has 0 fully saturated rings. The summed E-state index contributed by atoms with van der Waals surface area (Å²) < 4.78 is 0. The summed E-state index contributed by atoms with van der Waals surface area (Å²) in [7, 11) is 0. The standard InChI is InChI=1S/C9H12Cl2N2S/c1-6(14-2)4-12-9-8(11)3-7(10)5-13-9/h3,5-6H,4H2,1-2H3,(H,12,13). The molecule has 1 rings (SSSR count). The Morgan fingerprint density at radius 1 is 1.57 bits per heavy atom. The summed E-state index contributed by atoms with van der Waals surface area (Å²) >= 11 is 13.5. The number of aromatic nitrogens is 1. The zero-order valence-electron chi connectivity index (χ0n) is 8.05. The van der Waals surface area contributed by atoms with Crippen LogP contribution in [0.3, 0.4) is 0 Å². The molecule has 78 valence electrons. The first-order valence-corrected chi connectivity index (χ1v) is 6.25. The summed E-state index contributed by atoms with van der Waals surface area (Å²) in [6, 6.07) is 1.68. The van der Waals surface area contributed by atoms with E-state index in [0.717, 1.165) is 6.54 Å². The van der Waals surface area contributed by atoms with Crippen LogP contribution >= 0.6 is 35.0 Å². The van der Waals surface area contributed by atoms with Gasteiger partial charge in [-0.05, 0) is 12.3 Å². The van der Waals surface area contributed by atoms with Crippen LogP contribution < -0.4 is 5.32 Å². The SMILES string of the molecule is CSC(C)CNc1ncc(Cl)cc1Cl. The van der Waals surface area contributed by atoms with Crippen LogP contribution in [0.5, 0.6) is 0 Å². The number of thioether (sulfide) groups is 1. The molecule has 0 aliphatic carbocycles. The van der Waals surface area contributed by atoms with Gasteiger partial charge in [-0.3, -0.25) is 0 Å². The second-order valence-corrected chi connectivity index (χ2v) is 5.03. The van der Waals surface area contributed by atoms with Gasteiger partial charge >= 0.3 is 0 Å². The number of nitrogens with zero attached hydrogens (tertiary/aromatic N) is 1. The van der Waals surface area contributed by atoms with Crippen LogP contribution in [0.25, 0.3) is 0 Å². The highest BCUT2D eigenvalue weighted by molar-refractivity contribution is 7.99. The van der Waals surface area contributed by atoms with Crippen molar-refractivity contribution in [3.63, 3.8) is 0 Å². The minimum Gasteiger partial charge on any atom is -0.368 e. The van der Waals surface area contributed by atoms with Crippen molar-refractivity contribution < 1.29 is 0 Å². The van der Waals surface area contributed by atoms with Crippen molar-refractivity contribution in [1.82, 2.24) is 4.98 Å². The first-order chi connectivity index (χ1) is 6.63. The van der Waals surface area contributed by atoms with E-state index in [1.807, 2.05) is 0 Å². The zero-order chi connectivity index (χ0) is 10.6.